The second kappa shape index (κ2) is 9.56. The van der Waals surface area contributed by atoms with E-state index in [1.54, 1.807) is 0 Å². The van der Waals surface area contributed by atoms with E-state index in [2.05, 4.69) is 109 Å². The Kier molecular flexibility index (Phi) is 8.29. The Balaban J connectivity index is 1.95. The van der Waals surface area contributed by atoms with E-state index in [-0.39, 0.29) is 18.3 Å². The van der Waals surface area contributed by atoms with Crippen molar-refractivity contribution < 1.29 is 9.31 Å². The van der Waals surface area contributed by atoms with Gasteiger partial charge in [0.1, 0.15) is 0 Å². The van der Waals surface area contributed by atoms with E-state index in [1.807, 2.05) is 0 Å². The highest BCUT2D eigenvalue weighted by Crippen LogP contribution is 2.42. The molecule has 1 aliphatic rings. The molecule has 25 heavy (non-hydrogen) atoms. The summed E-state index contributed by atoms with van der Waals surface area (Å²) in [5.41, 5.74) is 0.902. The van der Waals surface area contributed by atoms with Crippen LogP contribution in [0.4, 0.5) is 0 Å². The molecule has 0 amide bonds. The highest BCUT2D eigenvalue weighted by Gasteiger charge is 2.53. The van der Waals surface area contributed by atoms with Crippen molar-refractivity contribution in [2.75, 3.05) is 4.43 Å². The summed E-state index contributed by atoms with van der Waals surface area (Å²) >= 11 is 4.86. The fourth-order valence-corrected chi connectivity index (χ4v) is 3.71. The normalized spacial score (nSPS) is 20.7. The summed E-state index contributed by atoms with van der Waals surface area (Å²) in [4.78, 5) is 0. The molecule has 5 heteroatoms. The molecule has 138 valence electrons. The van der Waals surface area contributed by atoms with Gasteiger partial charge in [-0.1, -0.05) is 65.4 Å². The van der Waals surface area contributed by atoms with Gasteiger partial charge < -0.3 is 9.31 Å². The molecule has 2 rings (SSSR count). The minimum atomic E-state index is -0.260. The molecule has 0 bridgehead atoms. The zero-order valence-electron chi connectivity index (χ0n) is 15.7. The monoisotopic (exact) mass is 566 g/mol. The number of hydrogen-bond donors (Lipinski definition) is 0. The van der Waals surface area contributed by atoms with Crippen molar-refractivity contribution in [1.29, 1.82) is 0 Å². The van der Waals surface area contributed by atoms with Gasteiger partial charge in [-0.3, -0.25) is 0 Å². The van der Waals surface area contributed by atoms with Crippen LogP contribution in [-0.2, 0) is 15.7 Å². The van der Waals surface area contributed by atoms with Gasteiger partial charge in [-0.15, -0.1) is 0 Å². The van der Waals surface area contributed by atoms with Crippen LogP contribution in [0, 0.1) is 0 Å². The summed E-state index contributed by atoms with van der Waals surface area (Å²) in [6.45, 7) is 8.53. The molecule has 1 heterocycles. The fourth-order valence-electron chi connectivity index (χ4n) is 2.99. The minimum absolute atomic E-state index is 0.144. The molecule has 0 saturated carbocycles. The second-order valence-electron chi connectivity index (χ2n) is 7.77. The Morgan fingerprint density at radius 1 is 1.08 bits per heavy atom. The number of allylic oxidation sites excluding steroid dienone is 2. The maximum absolute atomic E-state index is 6.31. The zero-order valence-corrected chi connectivity index (χ0v) is 20.0. The van der Waals surface area contributed by atoms with Crippen molar-refractivity contribution in [3.05, 3.63) is 45.6 Å². The first-order chi connectivity index (χ1) is 11.7. The van der Waals surface area contributed by atoms with Crippen molar-refractivity contribution >= 4 is 52.3 Å². The smallest absolute Gasteiger partial charge is 0.403 e. The molecule has 0 N–H and O–H groups in total. The average molecular weight is 566 g/mol. The predicted octanol–water partition coefficient (Wildman–Crippen LogP) is 6.62. The molecule has 2 nitrogen and oxygen atoms in total. The number of unbranched alkanes of at least 4 members (excludes halogenated alkanes) is 1. The van der Waals surface area contributed by atoms with E-state index in [4.69, 9.17) is 9.31 Å². The molecule has 1 saturated heterocycles. The first-order valence-corrected chi connectivity index (χ1v) is 11.7. The first-order valence-electron chi connectivity index (χ1n) is 9.07. The fraction of sp³-hybridized carbons (Fsp3) is 0.600. The van der Waals surface area contributed by atoms with Gasteiger partial charge in [0.15, 0.2) is 0 Å². The maximum atomic E-state index is 6.31. The van der Waals surface area contributed by atoms with Gasteiger partial charge in [-0.2, -0.15) is 0 Å². The molecule has 1 atom stereocenters. The van der Waals surface area contributed by atoms with E-state index in [0.29, 0.717) is 5.82 Å². The number of halogens is 2. The highest BCUT2D eigenvalue weighted by atomic mass is 127. The lowest BCUT2D eigenvalue weighted by Crippen LogP contribution is -2.41. The van der Waals surface area contributed by atoms with Gasteiger partial charge in [0.2, 0.25) is 0 Å². The molecular weight excluding hydrogens is 537 g/mol. The van der Waals surface area contributed by atoms with E-state index in [9.17, 15) is 0 Å². The van der Waals surface area contributed by atoms with Crippen LogP contribution in [0.25, 0.3) is 0 Å². The summed E-state index contributed by atoms with van der Waals surface area (Å²) < 4.78 is 15.0. The molecule has 0 aromatic heterocycles. The van der Waals surface area contributed by atoms with Gasteiger partial charge in [0.05, 0.1) is 11.2 Å². The zero-order chi connectivity index (χ0) is 18.5. The lowest BCUT2D eigenvalue weighted by molar-refractivity contribution is 0.00578. The van der Waals surface area contributed by atoms with Gasteiger partial charge in [-0.05, 0) is 78.7 Å². The molecule has 0 aliphatic carbocycles. The van der Waals surface area contributed by atoms with E-state index in [0.717, 1.165) is 17.3 Å². The number of hydrogen-bond acceptors (Lipinski definition) is 2. The molecule has 0 radical (unpaired) electrons. The van der Waals surface area contributed by atoms with Crippen molar-refractivity contribution in [2.45, 2.75) is 70.4 Å². The Labute approximate surface area is 180 Å². The first kappa shape index (κ1) is 21.7. The number of alkyl halides is 1. The molecule has 0 spiro atoms. The summed E-state index contributed by atoms with van der Waals surface area (Å²) in [7, 11) is -0.144. The van der Waals surface area contributed by atoms with Gasteiger partial charge in [0.25, 0.3) is 0 Å². The van der Waals surface area contributed by atoms with Crippen molar-refractivity contribution in [3.63, 3.8) is 0 Å². The summed E-state index contributed by atoms with van der Waals surface area (Å²) in [5.74, 6) is 0.318. The number of rotatable bonds is 8. The molecule has 1 aliphatic heterocycles. The highest BCUT2D eigenvalue weighted by molar-refractivity contribution is 14.1. The third-order valence-electron chi connectivity index (χ3n) is 5.24. The lowest BCUT2D eigenvalue weighted by Gasteiger charge is -2.32. The van der Waals surface area contributed by atoms with Gasteiger partial charge in [0, 0.05) is 10.2 Å². The Morgan fingerprint density at radius 3 is 2.24 bits per heavy atom. The van der Waals surface area contributed by atoms with Crippen LogP contribution in [0.5, 0.6) is 0 Å². The molecule has 1 aromatic rings. The van der Waals surface area contributed by atoms with Crippen molar-refractivity contribution in [1.82, 2.24) is 0 Å². The summed E-state index contributed by atoms with van der Waals surface area (Å²) in [6, 6.07) is 10.7. The molecule has 1 aromatic carbocycles. The summed E-state index contributed by atoms with van der Waals surface area (Å²) in [5, 5.41) is 0. The second-order valence-corrected chi connectivity index (χ2v) is 9.92. The van der Waals surface area contributed by atoms with Crippen LogP contribution in [0.3, 0.4) is 0 Å². The van der Waals surface area contributed by atoms with Crippen molar-refractivity contribution in [2.24, 2.45) is 0 Å². The predicted molar refractivity (Wildman–Crippen MR) is 125 cm³/mol. The largest absolute Gasteiger partial charge is 0.465 e. The molecular formula is C20H29BI2O2. The quantitative estimate of drug-likeness (QED) is 0.153. The van der Waals surface area contributed by atoms with Gasteiger partial charge in [-0.25, -0.2) is 0 Å². The third-order valence-corrected chi connectivity index (χ3v) is 8.26. The molecule has 1 fully saturated rings. The number of benzene rings is 1. The van der Waals surface area contributed by atoms with Crippen LogP contribution < -0.4 is 0 Å². The van der Waals surface area contributed by atoms with E-state index >= 15 is 0 Å². The minimum Gasteiger partial charge on any atom is -0.403 e. The maximum Gasteiger partial charge on any atom is 0.465 e. The molecule has 1 unspecified atom stereocenters. The standard InChI is InChI=1S/C20H29BI2O2/c1-19(2)20(3,4)25-21(24-19)17(14-18(23)15-22)13-9-8-12-16-10-6-5-7-11-16/h5-7,10-11,14,17H,8-9,12-13,15H2,1-4H3/b18-14+. The van der Waals surface area contributed by atoms with Gasteiger partial charge >= 0.3 is 7.12 Å². The third kappa shape index (κ3) is 6.21. The Hall–Kier alpha value is 0.405. The van der Waals surface area contributed by atoms with E-state index in [1.165, 1.54) is 22.0 Å². The van der Waals surface area contributed by atoms with Crippen molar-refractivity contribution in [3.8, 4) is 0 Å². The van der Waals surface area contributed by atoms with Crippen LogP contribution in [0.1, 0.15) is 52.5 Å². The lowest BCUT2D eigenvalue weighted by atomic mass is 9.69. The average Bonchev–Trinajstić information content (AvgIpc) is 2.79. The number of aryl methyl sites for hydroxylation is 1. The van der Waals surface area contributed by atoms with Crippen LogP contribution >= 0.6 is 45.2 Å². The summed E-state index contributed by atoms with van der Waals surface area (Å²) in [6.07, 6.45) is 6.99. The van der Waals surface area contributed by atoms with Crippen LogP contribution in [-0.4, -0.2) is 22.7 Å². The van der Waals surface area contributed by atoms with E-state index < -0.39 is 0 Å². The Bertz CT molecular complexity index is 556. The topological polar surface area (TPSA) is 18.5 Å². The van der Waals surface area contributed by atoms with Crippen LogP contribution in [0.2, 0.25) is 5.82 Å². The SMILES string of the molecule is CC1(C)OB(C(/C=C(/I)CI)CCCCc2ccccc2)OC1(C)C. The van der Waals surface area contributed by atoms with Crippen LogP contribution in [0.15, 0.2) is 40.0 Å². The Morgan fingerprint density at radius 2 is 1.68 bits per heavy atom.